The average molecular weight is 664 g/mol. The van der Waals surface area contributed by atoms with Crippen molar-refractivity contribution in [3.63, 3.8) is 0 Å². The van der Waals surface area contributed by atoms with Crippen molar-refractivity contribution in [2.75, 3.05) is 4.90 Å². The maximum absolute atomic E-state index is 6.45. The highest BCUT2D eigenvalue weighted by Crippen LogP contribution is 2.50. The summed E-state index contributed by atoms with van der Waals surface area (Å²) in [5, 5.41) is 4.78. The molecule has 0 bridgehead atoms. The van der Waals surface area contributed by atoms with Gasteiger partial charge in [-0.25, -0.2) is 0 Å². The second-order valence-corrected chi connectivity index (χ2v) is 13.3. The molecule has 0 spiro atoms. The molecule has 2 heteroatoms. The van der Waals surface area contributed by atoms with E-state index in [0.717, 1.165) is 45.1 Å². The summed E-state index contributed by atoms with van der Waals surface area (Å²) in [6, 6.07) is 71.7. The molecule has 1 aliphatic rings. The van der Waals surface area contributed by atoms with E-state index in [2.05, 4.69) is 193 Å². The van der Waals surface area contributed by atoms with Crippen LogP contribution in [0.15, 0.2) is 200 Å². The van der Waals surface area contributed by atoms with Gasteiger partial charge in [0.15, 0.2) is 0 Å². The van der Waals surface area contributed by atoms with Crippen LogP contribution < -0.4 is 9.64 Å². The summed E-state index contributed by atoms with van der Waals surface area (Å²) in [5.41, 5.74) is 12.7. The molecule has 9 aromatic rings. The van der Waals surface area contributed by atoms with Gasteiger partial charge in [0.1, 0.15) is 11.5 Å². The zero-order chi connectivity index (χ0) is 34.4. The lowest BCUT2D eigenvalue weighted by Crippen LogP contribution is -2.12. The van der Waals surface area contributed by atoms with E-state index in [1.165, 1.54) is 49.5 Å². The first kappa shape index (κ1) is 30.0. The van der Waals surface area contributed by atoms with Gasteiger partial charge in [-0.15, -0.1) is 0 Å². The molecule has 2 nitrogen and oxygen atoms in total. The van der Waals surface area contributed by atoms with Crippen molar-refractivity contribution in [1.82, 2.24) is 0 Å². The van der Waals surface area contributed by atoms with Gasteiger partial charge in [0.25, 0.3) is 0 Å². The van der Waals surface area contributed by atoms with Gasteiger partial charge in [-0.05, 0) is 80.4 Å². The number of ether oxygens (including phenoxy) is 1. The fourth-order valence-corrected chi connectivity index (χ4v) is 7.94. The third kappa shape index (κ3) is 4.96. The van der Waals surface area contributed by atoms with E-state index in [-0.39, 0.29) is 0 Å². The lowest BCUT2D eigenvalue weighted by atomic mass is 9.90. The molecule has 0 fully saturated rings. The molecule has 0 unspecified atom stereocenters. The predicted molar refractivity (Wildman–Crippen MR) is 218 cm³/mol. The second kappa shape index (κ2) is 12.5. The van der Waals surface area contributed by atoms with E-state index in [4.69, 9.17) is 4.74 Å². The molecule has 10 rings (SSSR count). The van der Waals surface area contributed by atoms with Crippen LogP contribution in [0.25, 0.3) is 66.1 Å². The Morgan fingerprint density at radius 3 is 1.81 bits per heavy atom. The minimum absolute atomic E-state index is 0.895. The zero-order valence-corrected chi connectivity index (χ0v) is 28.4. The molecule has 0 aromatic heterocycles. The van der Waals surface area contributed by atoms with E-state index in [0.29, 0.717) is 0 Å². The smallest absolute Gasteiger partial charge is 0.135 e. The van der Waals surface area contributed by atoms with Gasteiger partial charge in [-0.3, -0.25) is 0 Å². The van der Waals surface area contributed by atoms with Crippen LogP contribution in [0.3, 0.4) is 0 Å². The van der Waals surface area contributed by atoms with Gasteiger partial charge < -0.3 is 9.64 Å². The molecular formula is C50H33NO. The number of nitrogens with zero attached hydrogens (tertiary/aromatic N) is 1. The minimum Gasteiger partial charge on any atom is -0.456 e. The van der Waals surface area contributed by atoms with Crippen LogP contribution in [-0.2, 0) is 0 Å². The SMILES string of the molecule is c1ccc(-c2ccccc2N(c2cccc(-c3ccc4c5c(cccc35)-c3ccccc3O4)c2)c2ccccc2-c2cccc3ccccc23)cc1. The Kier molecular flexibility index (Phi) is 7.18. The molecule has 52 heavy (non-hydrogen) atoms. The number of hydrogen-bond donors (Lipinski definition) is 0. The molecule has 9 aromatic carbocycles. The first-order chi connectivity index (χ1) is 25.8. The topological polar surface area (TPSA) is 12.5 Å². The highest BCUT2D eigenvalue weighted by molar-refractivity contribution is 6.10. The highest BCUT2D eigenvalue weighted by atomic mass is 16.5. The maximum atomic E-state index is 6.45. The van der Waals surface area contributed by atoms with Crippen LogP contribution in [0, 0.1) is 0 Å². The monoisotopic (exact) mass is 663 g/mol. The van der Waals surface area contributed by atoms with Gasteiger partial charge in [0.2, 0.25) is 0 Å². The van der Waals surface area contributed by atoms with Crippen molar-refractivity contribution < 1.29 is 4.74 Å². The lowest BCUT2D eigenvalue weighted by Gasteiger charge is -2.30. The summed E-state index contributed by atoms with van der Waals surface area (Å²) >= 11 is 0. The molecule has 0 atom stereocenters. The normalized spacial score (nSPS) is 11.6. The Bertz CT molecular complexity index is 2780. The zero-order valence-electron chi connectivity index (χ0n) is 28.4. The van der Waals surface area contributed by atoms with E-state index >= 15 is 0 Å². The Morgan fingerprint density at radius 2 is 0.923 bits per heavy atom. The Balaban J connectivity index is 1.21. The molecule has 0 aliphatic carbocycles. The third-order valence-corrected chi connectivity index (χ3v) is 10.3. The van der Waals surface area contributed by atoms with Crippen LogP contribution in [0.4, 0.5) is 17.1 Å². The van der Waals surface area contributed by atoms with Gasteiger partial charge >= 0.3 is 0 Å². The van der Waals surface area contributed by atoms with E-state index in [1.807, 2.05) is 12.1 Å². The van der Waals surface area contributed by atoms with Crippen molar-refractivity contribution in [1.29, 1.82) is 0 Å². The van der Waals surface area contributed by atoms with E-state index < -0.39 is 0 Å². The summed E-state index contributed by atoms with van der Waals surface area (Å²) in [7, 11) is 0. The van der Waals surface area contributed by atoms with Gasteiger partial charge in [0.05, 0.1) is 11.4 Å². The summed E-state index contributed by atoms with van der Waals surface area (Å²) in [6.07, 6.45) is 0. The third-order valence-electron chi connectivity index (χ3n) is 10.3. The molecule has 0 saturated carbocycles. The van der Waals surface area contributed by atoms with Gasteiger partial charge in [-0.1, -0.05) is 164 Å². The molecular weight excluding hydrogens is 631 g/mol. The predicted octanol–water partition coefficient (Wildman–Crippen LogP) is 14.2. The maximum Gasteiger partial charge on any atom is 0.135 e. The number of anilines is 3. The number of para-hydroxylation sites is 3. The van der Waals surface area contributed by atoms with E-state index in [1.54, 1.807) is 0 Å². The largest absolute Gasteiger partial charge is 0.456 e. The first-order valence-corrected chi connectivity index (χ1v) is 17.8. The van der Waals surface area contributed by atoms with Crippen molar-refractivity contribution >= 4 is 38.6 Å². The van der Waals surface area contributed by atoms with E-state index in [9.17, 15) is 0 Å². The van der Waals surface area contributed by atoms with Gasteiger partial charge in [-0.2, -0.15) is 0 Å². The lowest BCUT2D eigenvalue weighted by molar-refractivity contribution is 0.487. The molecule has 0 radical (unpaired) electrons. The Labute approximate surface area is 303 Å². The van der Waals surface area contributed by atoms with Gasteiger partial charge in [0, 0.05) is 27.8 Å². The quantitative estimate of drug-likeness (QED) is 0.176. The Hall–Kier alpha value is -6.90. The van der Waals surface area contributed by atoms with Crippen molar-refractivity contribution in [3.8, 4) is 56.0 Å². The van der Waals surface area contributed by atoms with Crippen LogP contribution in [0.2, 0.25) is 0 Å². The molecule has 0 saturated heterocycles. The molecule has 1 heterocycles. The molecule has 1 aliphatic heterocycles. The van der Waals surface area contributed by atoms with Crippen LogP contribution >= 0.6 is 0 Å². The Morgan fingerprint density at radius 1 is 0.327 bits per heavy atom. The fourth-order valence-electron chi connectivity index (χ4n) is 7.94. The number of benzene rings is 9. The van der Waals surface area contributed by atoms with Crippen LogP contribution in [0.5, 0.6) is 11.5 Å². The number of hydrogen-bond acceptors (Lipinski definition) is 2. The summed E-state index contributed by atoms with van der Waals surface area (Å²) in [4.78, 5) is 2.44. The van der Waals surface area contributed by atoms with Crippen LogP contribution in [-0.4, -0.2) is 0 Å². The molecule has 244 valence electrons. The molecule has 0 N–H and O–H groups in total. The summed E-state index contributed by atoms with van der Waals surface area (Å²) < 4.78 is 6.45. The number of rotatable bonds is 6. The molecule has 0 amide bonds. The van der Waals surface area contributed by atoms with Crippen molar-refractivity contribution in [2.24, 2.45) is 0 Å². The second-order valence-electron chi connectivity index (χ2n) is 13.3. The van der Waals surface area contributed by atoms with Crippen LogP contribution in [0.1, 0.15) is 0 Å². The summed E-state index contributed by atoms with van der Waals surface area (Å²) in [6.45, 7) is 0. The summed E-state index contributed by atoms with van der Waals surface area (Å²) in [5.74, 6) is 1.79. The standard InChI is InChI=1S/C50H33NO/c1-2-15-35(16-3-1)40-22-6-9-28-46(40)51(47-29-10-7-23-42(47)41-25-13-18-34-17-4-5-21-38(34)41)37-20-12-19-36(33-37)39-31-32-49-50-44(39)26-14-27-45(50)43-24-8-11-30-48(43)52-49/h1-33H. The average Bonchev–Trinajstić information content (AvgIpc) is 3.22. The first-order valence-electron chi connectivity index (χ1n) is 17.8. The van der Waals surface area contributed by atoms with Crippen molar-refractivity contribution in [3.05, 3.63) is 200 Å². The number of fused-ring (bicyclic) bond motifs is 3. The highest BCUT2D eigenvalue weighted by Gasteiger charge is 2.24. The minimum atomic E-state index is 0.895. The fraction of sp³-hybridized carbons (Fsp3) is 0. The van der Waals surface area contributed by atoms with Crippen molar-refractivity contribution in [2.45, 2.75) is 0 Å².